The highest BCUT2D eigenvalue weighted by Crippen LogP contribution is 2.31. The van der Waals surface area contributed by atoms with Crippen LogP contribution in [0.25, 0.3) is 0 Å². The molecule has 2 rings (SSSR count). The van der Waals surface area contributed by atoms with Crippen LogP contribution in [0.1, 0.15) is 58.2 Å². The van der Waals surface area contributed by atoms with Crippen LogP contribution in [0.15, 0.2) is 17.2 Å². The Labute approximate surface area is 128 Å². The minimum atomic E-state index is -3.45. The zero-order chi connectivity index (χ0) is 15.7. The van der Waals surface area contributed by atoms with Crippen molar-refractivity contribution in [3.63, 3.8) is 0 Å². The molecule has 120 valence electrons. The Balaban J connectivity index is 2.29. The van der Waals surface area contributed by atoms with Crippen LogP contribution in [-0.4, -0.2) is 25.6 Å². The summed E-state index contributed by atoms with van der Waals surface area (Å²) < 4.78 is 30.2. The minimum Gasteiger partial charge on any atom is -0.346 e. The Morgan fingerprint density at radius 3 is 2.48 bits per heavy atom. The summed E-state index contributed by atoms with van der Waals surface area (Å²) in [6.07, 6.45) is 5.77. The maximum Gasteiger partial charge on any atom is 0.242 e. The SMILES string of the molecule is CNCc1cc(S(=O)(=O)NC2(C)CCCC2)cn1C(C)C. The Hall–Kier alpha value is -0.850. The normalized spacial score (nSPS) is 18.5. The fourth-order valence-electron chi connectivity index (χ4n) is 3.09. The molecule has 0 aliphatic heterocycles. The van der Waals surface area contributed by atoms with Crippen molar-refractivity contribution in [1.29, 1.82) is 0 Å². The van der Waals surface area contributed by atoms with E-state index in [1.54, 1.807) is 12.3 Å². The van der Waals surface area contributed by atoms with Crippen molar-refractivity contribution in [2.24, 2.45) is 0 Å². The van der Waals surface area contributed by atoms with Gasteiger partial charge in [-0.1, -0.05) is 12.8 Å². The lowest BCUT2D eigenvalue weighted by Gasteiger charge is -2.24. The molecular formula is C15H27N3O2S. The molecule has 1 aromatic rings. The van der Waals surface area contributed by atoms with Gasteiger partial charge in [0.15, 0.2) is 0 Å². The molecule has 0 atom stereocenters. The second-order valence-corrected chi connectivity index (χ2v) is 8.25. The van der Waals surface area contributed by atoms with Crippen LogP contribution in [0.2, 0.25) is 0 Å². The first-order valence-electron chi connectivity index (χ1n) is 7.67. The highest BCUT2D eigenvalue weighted by Gasteiger charge is 2.34. The first-order chi connectivity index (χ1) is 9.77. The fraction of sp³-hybridized carbons (Fsp3) is 0.733. The average Bonchev–Trinajstić information content (AvgIpc) is 2.96. The van der Waals surface area contributed by atoms with Crippen LogP contribution in [0, 0.1) is 0 Å². The highest BCUT2D eigenvalue weighted by molar-refractivity contribution is 7.89. The van der Waals surface area contributed by atoms with Crippen LogP contribution < -0.4 is 10.0 Å². The molecule has 0 radical (unpaired) electrons. The lowest BCUT2D eigenvalue weighted by Crippen LogP contribution is -2.43. The smallest absolute Gasteiger partial charge is 0.242 e. The quantitative estimate of drug-likeness (QED) is 0.847. The van der Waals surface area contributed by atoms with E-state index in [2.05, 4.69) is 23.9 Å². The summed E-state index contributed by atoms with van der Waals surface area (Å²) in [5, 5.41) is 3.09. The number of nitrogens with one attached hydrogen (secondary N) is 2. The van der Waals surface area contributed by atoms with Crippen molar-refractivity contribution in [1.82, 2.24) is 14.6 Å². The topological polar surface area (TPSA) is 63.1 Å². The van der Waals surface area contributed by atoms with E-state index in [1.165, 1.54) is 0 Å². The molecule has 0 spiro atoms. The van der Waals surface area contributed by atoms with Crippen molar-refractivity contribution in [3.8, 4) is 0 Å². The van der Waals surface area contributed by atoms with E-state index in [0.717, 1.165) is 31.4 Å². The van der Waals surface area contributed by atoms with Crippen molar-refractivity contribution in [2.45, 2.75) is 69.5 Å². The predicted molar refractivity (Wildman–Crippen MR) is 84.8 cm³/mol. The largest absolute Gasteiger partial charge is 0.346 e. The van der Waals surface area contributed by atoms with Gasteiger partial charge in [0.25, 0.3) is 0 Å². The molecule has 0 bridgehead atoms. The number of nitrogens with zero attached hydrogens (tertiary/aromatic N) is 1. The molecule has 21 heavy (non-hydrogen) atoms. The van der Waals surface area contributed by atoms with Crippen LogP contribution >= 0.6 is 0 Å². The summed E-state index contributed by atoms with van der Waals surface area (Å²) in [6.45, 7) is 6.78. The van der Waals surface area contributed by atoms with Gasteiger partial charge in [-0.05, 0) is 46.7 Å². The van der Waals surface area contributed by atoms with E-state index < -0.39 is 10.0 Å². The lowest BCUT2D eigenvalue weighted by atomic mass is 10.0. The van der Waals surface area contributed by atoms with E-state index in [4.69, 9.17) is 0 Å². The molecule has 1 heterocycles. The fourth-order valence-corrected chi connectivity index (χ4v) is 4.60. The van der Waals surface area contributed by atoms with Gasteiger partial charge < -0.3 is 9.88 Å². The maximum absolute atomic E-state index is 12.6. The third-order valence-corrected chi connectivity index (χ3v) is 5.82. The number of hydrogen-bond donors (Lipinski definition) is 2. The van der Waals surface area contributed by atoms with Crippen molar-refractivity contribution in [3.05, 3.63) is 18.0 Å². The van der Waals surface area contributed by atoms with Gasteiger partial charge in [-0.2, -0.15) is 0 Å². The minimum absolute atomic E-state index is 0.236. The molecule has 0 aromatic carbocycles. The molecular weight excluding hydrogens is 286 g/mol. The molecule has 5 nitrogen and oxygen atoms in total. The molecule has 1 saturated carbocycles. The Morgan fingerprint density at radius 1 is 1.33 bits per heavy atom. The monoisotopic (exact) mass is 313 g/mol. The first kappa shape index (κ1) is 16.5. The standard InChI is InChI=1S/C15H27N3O2S/c1-12(2)18-11-14(9-13(18)10-16-4)21(19,20)17-15(3)7-5-6-8-15/h9,11-12,16-17H,5-8,10H2,1-4H3. The number of sulfonamides is 1. The summed E-state index contributed by atoms with van der Waals surface area (Å²) >= 11 is 0. The molecule has 0 unspecified atom stereocenters. The van der Waals surface area contributed by atoms with Crippen LogP contribution in [-0.2, 0) is 16.6 Å². The van der Waals surface area contributed by atoms with Gasteiger partial charge in [0, 0.05) is 30.0 Å². The van der Waals surface area contributed by atoms with Gasteiger partial charge >= 0.3 is 0 Å². The number of aromatic nitrogens is 1. The summed E-state index contributed by atoms with van der Waals surface area (Å²) in [6, 6.07) is 2.01. The highest BCUT2D eigenvalue weighted by atomic mass is 32.2. The first-order valence-corrected chi connectivity index (χ1v) is 9.15. The second kappa shape index (κ2) is 6.10. The molecule has 6 heteroatoms. The molecule has 1 aliphatic carbocycles. The van der Waals surface area contributed by atoms with Crippen LogP contribution in [0.4, 0.5) is 0 Å². The number of rotatable bonds is 6. The summed E-state index contributed by atoms with van der Waals surface area (Å²) in [5.74, 6) is 0. The van der Waals surface area contributed by atoms with Crippen molar-refractivity contribution in [2.75, 3.05) is 7.05 Å². The molecule has 1 fully saturated rings. The van der Waals surface area contributed by atoms with Crippen molar-refractivity contribution >= 4 is 10.0 Å². The van der Waals surface area contributed by atoms with Gasteiger partial charge in [0.2, 0.25) is 10.0 Å². The van der Waals surface area contributed by atoms with Crippen LogP contribution in [0.3, 0.4) is 0 Å². The van der Waals surface area contributed by atoms with E-state index in [9.17, 15) is 8.42 Å². The zero-order valence-electron chi connectivity index (χ0n) is 13.4. The molecule has 0 amide bonds. The van der Waals surface area contributed by atoms with E-state index >= 15 is 0 Å². The molecule has 2 N–H and O–H groups in total. The van der Waals surface area contributed by atoms with E-state index in [0.29, 0.717) is 11.4 Å². The van der Waals surface area contributed by atoms with Crippen molar-refractivity contribution < 1.29 is 8.42 Å². The Morgan fingerprint density at radius 2 is 1.95 bits per heavy atom. The van der Waals surface area contributed by atoms with Crippen LogP contribution in [0.5, 0.6) is 0 Å². The van der Waals surface area contributed by atoms with Gasteiger partial charge in [-0.25, -0.2) is 13.1 Å². The summed E-state index contributed by atoms with van der Waals surface area (Å²) in [5.41, 5.74) is 0.700. The third kappa shape index (κ3) is 3.67. The number of hydrogen-bond acceptors (Lipinski definition) is 3. The maximum atomic E-state index is 12.6. The average molecular weight is 313 g/mol. The van der Waals surface area contributed by atoms with Gasteiger partial charge in [-0.15, -0.1) is 0 Å². The molecule has 1 aromatic heterocycles. The van der Waals surface area contributed by atoms with E-state index in [1.807, 2.05) is 18.5 Å². The Kier molecular flexibility index (Phi) is 4.80. The predicted octanol–water partition coefficient (Wildman–Crippen LogP) is 2.40. The van der Waals surface area contributed by atoms with Gasteiger partial charge in [0.05, 0.1) is 4.90 Å². The summed E-state index contributed by atoms with van der Waals surface area (Å²) in [7, 11) is -1.59. The lowest BCUT2D eigenvalue weighted by molar-refractivity contribution is 0.427. The molecule has 0 saturated heterocycles. The zero-order valence-corrected chi connectivity index (χ0v) is 14.3. The Bertz CT molecular complexity index is 584. The summed E-state index contributed by atoms with van der Waals surface area (Å²) in [4.78, 5) is 0.370. The van der Waals surface area contributed by atoms with Gasteiger partial charge in [-0.3, -0.25) is 0 Å². The van der Waals surface area contributed by atoms with E-state index in [-0.39, 0.29) is 11.6 Å². The third-order valence-electron chi connectivity index (χ3n) is 4.22. The van der Waals surface area contributed by atoms with Gasteiger partial charge in [0.1, 0.15) is 0 Å². The second-order valence-electron chi connectivity index (χ2n) is 6.57. The molecule has 1 aliphatic rings.